The van der Waals surface area contributed by atoms with Gasteiger partial charge in [-0.15, -0.1) is 11.6 Å². The number of rotatable bonds is 9. The fraction of sp³-hybridized carbons (Fsp3) is 0.636. The molecule has 0 aliphatic carbocycles. The van der Waals surface area contributed by atoms with Gasteiger partial charge in [-0.2, -0.15) is 0 Å². The lowest BCUT2D eigenvalue weighted by atomic mass is 9.92. The van der Waals surface area contributed by atoms with Gasteiger partial charge in [0, 0.05) is 31.4 Å². The number of methoxy groups -OCH3 is 1. The average Bonchev–Trinajstić information content (AvgIpc) is 2.73. The maximum atomic E-state index is 12.5. The number of halogens is 1. The van der Waals surface area contributed by atoms with Crippen LogP contribution in [-0.4, -0.2) is 55.4 Å². The summed E-state index contributed by atoms with van der Waals surface area (Å²) in [5.41, 5.74) is 0.486. The minimum Gasteiger partial charge on any atom is -0.493 e. The summed E-state index contributed by atoms with van der Waals surface area (Å²) in [6.07, 6.45) is 2.59. The van der Waals surface area contributed by atoms with Gasteiger partial charge in [0.15, 0.2) is 11.5 Å². The van der Waals surface area contributed by atoms with E-state index >= 15 is 0 Å². The van der Waals surface area contributed by atoms with E-state index in [2.05, 4.69) is 5.32 Å². The van der Waals surface area contributed by atoms with Crippen LogP contribution in [0.4, 0.5) is 0 Å². The van der Waals surface area contributed by atoms with Crippen molar-refractivity contribution >= 4 is 23.4 Å². The number of hydrogen-bond donors (Lipinski definition) is 1. The van der Waals surface area contributed by atoms with Crippen LogP contribution in [0.25, 0.3) is 0 Å². The first-order valence-corrected chi connectivity index (χ1v) is 10.8. The Balaban J connectivity index is 1.79. The third-order valence-electron chi connectivity index (χ3n) is 5.23. The fourth-order valence-corrected chi connectivity index (χ4v) is 3.53. The van der Waals surface area contributed by atoms with Gasteiger partial charge in [0.25, 0.3) is 0 Å². The molecule has 1 aliphatic rings. The first-order valence-electron chi connectivity index (χ1n) is 10.2. The molecule has 0 saturated carbocycles. The highest BCUT2D eigenvalue weighted by Crippen LogP contribution is 2.28. The van der Waals surface area contributed by atoms with Crippen LogP contribution in [0.5, 0.6) is 11.5 Å². The van der Waals surface area contributed by atoms with Crippen molar-refractivity contribution < 1.29 is 19.1 Å². The fourth-order valence-electron chi connectivity index (χ4n) is 3.41. The van der Waals surface area contributed by atoms with Crippen molar-refractivity contribution in [3.63, 3.8) is 0 Å². The summed E-state index contributed by atoms with van der Waals surface area (Å²) in [6, 6.07) is 5.87. The lowest BCUT2D eigenvalue weighted by Crippen LogP contribution is -2.50. The number of ether oxygens (including phenoxy) is 2. The SMILES string of the molecule is CCOc1ccc(CCC(=O)NC2CCN(C(=O)C(C)(C)CCl)CC2)cc1OC. The molecule has 0 spiro atoms. The van der Waals surface area contributed by atoms with Crippen molar-refractivity contribution in [2.24, 2.45) is 5.41 Å². The summed E-state index contributed by atoms with van der Waals surface area (Å²) in [4.78, 5) is 26.7. The minimum absolute atomic E-state index is 0.0312. The van der Waals surface area contributed by atoms with Crippen molar-refractivity contribution in [3.05, 3.63) is 23.8 Å². The van der Waals surface area contributed by atoms with Crippen molar-refractivity contribution in [3.8, 4) is 11.5 Å². The molecular formula is C22H33ClN2O4. The number of hydrogen-bond acceptors (Lipinski definition) is 4. The Morgan fingerprint density at radius 3 is 2.52 bits per heavy atom. The van der Waals surface area contributed by atoms with Crippen LogP contribution in [0, 0.1) is 5.41 Å². The number of carbonyl (C=O) groups excluding carboxylic acids is 2. The number of nitrogens with zero attached hydrogens (tertiary/aromatic N) is 1. The average molecular weight is 425 g/mol. The summed E-state index contributed by atoms with van der Waals surface area (Å²) < 4.78 is 10.9. The highest BCUT2D eigenvalue weighted by molar-refractivity contribution is 6.19. The van der Waals surface area contributed by atoms with E-state index in [0.29, 0.717) is 49.9 Å². The van der Waals surface area contributed by atoms with E-state index in [1.54, 1.807) is 7.11 Å². The molecule has 1 saturated heterocycles. The molecule has 0 radical (unpaired) electrons. The van der Waals surface area contributed by atoms with E-state index in [1.165, 1.54) is 0 Å². The van der Waals surface area contributed by atoms with Crippen LogP contribution >= 0.6 is 11.6 Å². The van der Waals surface area contributed by atoms with E-state index in [-0.39, 0.29) is 17.9 Å². The molecule has 0 bridgehead atoms. The van der Waals surface area contributed by atoms with E-state index in [0.717, 1.165) is 18.4 Å². The van der Waals surface area contributed by atoms with Gasteiger partial charge in [0.05, 0.1) is 19.1 Å². The van der Waals surface area contributed by atoms with E-state index in [4.69, 9.17) is 21.1 Å². The first-order chi connectivity index (χ1) is 13.8. The quantitative estimate of drug-likeness (QED) is 0.617. The second kappa shape index (κ2) is 10.7. The predicted molar refractivity (Wildman–Crippen MR) is 115 cm³/mol. The molecule has 0 unspecified atom stereocenters. The number of benzene rings is 1. The molecule has 1 aromatic rings. The summed E-state index contributed by atoms with van der Waals surface area (Å²) in [5, 5.41) is 3.10. The molecule has 2 rings (SSSR count). The molecule has 7 heteroatoms. The van der Waals surface area contributed by atoms with Crippen LogP contribution < -0.4 is 14.8 Å². The minimum atomic E-state index is -0.545. The second-order valence-corrected chi connectivity index (χ2v) is 8.34. The zero-order valence-electron chi connectivity index (χ0n) is 17.9. The van der Waals surface area contributed by atoms with Crippen LogP contribution in [0.15, 0.2) is 18.2 Å². The third kappa shape index (κ3) is 6.53. The number of carbonyl (C=O) groups is 2. The van der Waals surface area contributed by atoms with E-state index < -0.39 is 5.41 Å². The molecule has 1 N–H and O–H groups in total. The number of amides is 2. The molecule has 1 fully saturated rings. The maximum Gasteiger partial charge on any atom is 0.229 e. The smallest absolute Gasteiger partial charge is 0.229 e. The van der Waals surface area contributed by atoms with Gasteiger partial charge in [0.1, 0.15) is 0 Å². The maximum absolute atomic E-state index is 12.5. The number of piperidine rings is 1. The highest BCUT2D eigenvalue weighted by Gasteiger charge is 2.33. The molecule has 0 atom stereocenters. The molecule has 1 heterocycles. The van der Waals surface area contributed by atoms with Gasteiger partial charge in [-0.1, -0.05) is 6.07 Å². The van der Waals surface area contributed by atoms with Gasteiger partial charge < -0.3 is 19.7 Å². The van der Waals surface area contributed by atoms with Gasteiger partial charge in [-0.05, 0) is 57.7 Å². The summed E-state index contributed by atoms with van der Waals surface area (Å²) >= 11 is 5.91. The Labute approximate surface area is 178 Å². The third-order valence-corrected chi connectivity index (χ3v) is 5.90. The highest BCUT2D eigenvalue weighted by atomic mass is 35.5. The summed E-state index contributed by atoms with van der Waals surface area (Å²) in [5.74, 6) is 1.81. The molecule has 1 aliphatic heterocycles. The van der Waals surface area contributed by atoms with Crippen LogP contribution in [0.2, 0.25) is 0 Å². The monoisotopic (exact) mass is 424 g/mol. The molecule has 6 nitrogen and oxygen atoms in total. The Hall–Kier alpha value is -1.95. The predicted octanol–water partition coefficient (Wildman–Crippen LogP) is 3.40. The van der Waals surface area contributed by atoms with Gasteiger partial charge in [-0.25, -0.2) is 0 Å². The summed E-state index contributed by atoms with van der Waals surface area (Å²) in [6.45, 7) is 7.54. The largest absolute Gasteiger partial charge is 0.493 e. The molecule has 0 aromatic heterocycles. The van der Waals surface area contributed by atoms with Crippen molar-refractivity contribution in [1.29, 1.82) is 0 Å². The molecular weight excluding hydrogens is 392 g/mol. The number of likely N-dealkylation sites (tertiary alicyclic amines) is 1. The van der Waals surface area contributed by atoms with Gasteiger partial charge >= 0.3 is 0 Å². The standard InChI is InChI=1S/C22H33ClN2O4/c1-5-29-18-8-6-16(14-19(18)28-4)7-9-20(26)24-17-10-12-25(13-11-17)21(27)22(2,3)15-23/h6,8,14,17H,5,7,9-13,15H2,1-4H3,(H,24,26). The molecule has 1 aromatic carbocycles. The second-order valence-electron chi connectivity index (χ2n) is 8.07. The Morgan fingerprint density at radius 1 is 1.24 bits per heavy atom. The molecule has 29 heavy (non-hydrogen) atoms. The molecule has 2 amide bonds. The zero-order chi connectivity index (χ0) is 21.4. The normalized spacial score (nSPS) is 15.1. The van der Waals surface area contributed by atoms with Crippen LogP contribution in [0.1, 0.15) is 45.6 Å². The Morgan fingerprint density at radius 2 is 1.93 bits per heavy atom. The van der Waals surface area contributed by atoms with Crippen molar-refractivity contribution in [2.75, 3.05) is 32.7 Å². The van der Waals surface area contributed by atoms with E-state index in [9.17, 15) is 9.59 Å². The Bertz CT molecular complexity index is 700. The molecule has 162 valence electrons. The number of alkyl halides is 1. The van der Waals surface area contributed by atoms with Crippen LogP contribution in [0.3, 0.4) is 0 Å². The number of nitrogens with one attached hydrogen (secondary N) is 1. The Kier molecular flexibility index (Phi) is 8.62. The topological polar surface area (TPSA) is 67.9 Å². The first kappa shape index (κ1) is 23.3. The van der Waals surface area contributed by atoms with Gasteiger partial charge in [0.2, 0.25) is 11.8 Å². The lowest BCUT2D eigenvalue weighted by molar-refractivity contribution is -0.140. The van der Waals surface area contributed by atoms with Crippen molar-refractivity contribution in [1.82, 2.24) is 10.2 Å². The lowest BCUT2D eigenvalue weighted by Gasteiger charge is -2.36. The zero-order valence-corrected chi connectivity index (χ0v) is 18.7. The van der Waals surface area contributed by atoms with Crippen LogP contribution in [-0.2, 0) is 16.0 Å². The van der Waals surface area contributed by atoms with E-state index in [1.807, 2.05) is 43.9 Å². The van der Waals surface area contributed by atoms with Gasteiger partial charge in [-0.3, -0.25) is 9.59 Å². The van der Waals surface area contributed by atoms with Crippen molar-refractivity contribution in [2.45, 2.75) is 52.5 Å². The number of aryl methyl sites for hydroxylation is 1. The summed E-state index contributed by atoms with van der Waals surface area (Å²) in [7, 11) is 1.61.